The van der Waals surface area contributed by atoms with Crippen molar-refractivity contribution in [3.63, 3.8) is 0 Å². The Hall–Kier alpha value is -1.55. The molecule has 0 saturated carbocycles. The lowest BCUT2D eigenvalue weighted by atomic mass is 10.1. The largest absolute Gasteiger partial charge is 0.382 e. The molecule has 0 radical (unpaired) electrons. The van der Waals surface area contributed by atoms with Crippen molar-refractivity contribution in [2.45, 2.75) is 39.2 Å². The van der Waals surface area contributed by atoms with Gasteiger partial charge in [-0.3, -0.25) is 10.2 Å². The summed E-state index contributed by atoms with van der Waals surface area (Å²) in [4.78, 5) is 12.3. The molecule has 0 atom stereocenters. The van der Waals surface area contributed by atoms with E-state index in [9.17, 15) is 4.79 Å². The first kappa shape index (κ1) is 13.9. The van der Waals surface area contributed by atoms with Gasteiger partial charge in [0.05, 0.1) is 5.56 Å². The summed E-state index contributed by atoms with van der Waals surface area (Å²) < 4.78 is 0. The SMILES string of the molecule is CC(C)Nc1ccccc1C(=O)NN1CCCCC1. The number of carbonyl (C=O) groups is 1. The molecule has 1 saturated heterocycles. The summed E-state index contributed by atoms with van der Waals surface area (Å²) in [5.41, 5.74) is 4.61. The number of carbonyl (C=O) groups excluding carboxylic acids is 1. The smallest absolute Gasteiger partial charge is 0.267 e. The van der Waals surface area contributed by atoms with E-state index in [0.717, 1.165) is 31.6 Å². The van der Waals surface area contributed by atoms with Crippen LogP contribution in [0.25, 0.3) is 0 Å². The molecule has 2 rings (SSSR count). The van der Waals surface area contributed by atoms with E-state index in [1.807, 2.05) is 29.3 Å². The van der Waals surface area contributed by atoms with Crippen LogP contribution in [0.2, 0.25) is 0 Å². The molecule has 0 aliphatic carbocycles. The molecule has 1 aliphatic heterocycles. The normalized spacial score (nSPS) is 16.4. The van der Waals surface area contributed by atoms with Crippen molar-refractivity contribution in [1.82, 2.24) is 10.4 Å². The van der Waals surface area contributed by atoms with Crippen LogP contribution in [0.5, 0.6) is 0 Å². The molecular formula is C15H23N3O. The molecule has 4 nitrogen and oxygen atoms in total. The number of rotatable bonds is 4. The van der Waals surface area contributed by atoms with Crippen LogP contribution in [0.4, 0.5) is 5.69 Å². The van der Waals surface area contributed by atoms with Crippen molar-refractivity contribution in [3.05, 3.63) is 29.8 Å². The highest BCUT2D eigenvalue weighted by Gasteiger charge is 2.16. The average molecular weight is 261 g/mol. The molecule has 1 amide bonds. The highest BCUT2D eigenvalue weighted by Crippen LogP contribution is 2.16. The van der Waals surface area contributed by atoms with Crippen LogP contribution in [-0.4, -0.2) is 30.0 Å². The monoisotopic (exact) mass is 261 g/mol. The zero-order valence-corrected chi connectivity index (χ0v) is 11.8. The molecule has 1 fully saturated rings. The van der Waals surface area contributed by atoms with Gasteiger partial charge >= 0.3 is 0 Å². The molecule has 4 heteroatoms. The van der Waals surface area contributed by atoms with E-state index >= 15 is 0 Å². The number of hydrogen-bond donors (Lipinski definition) is 2. The first-order valence-corrected chi connectivity index (χ1v) is 7.08. The van der Waals surface area contributed by atoms with E-state index in [-0.39, 0.29) is 5.91 Å². The fourth-order valence-corrected chi connectivity index (χ4v) is 2.33. The van der Waals surface area contributed by atoms with Crippen molar-refractivity contribution >= 4 is 11.6 Å². The standard InChI is InChI=1S/C15H23N3O/c1-12(2)16-14-9-5-4-8-13(14)15(19)17-18-10-6-3-7-11-18/h4-5,8-9,12,16H,3,6-7,10-11H2,1-2H3,(H,17,19). The van der Waals surface area contributed by atoms with Crippen molar-refractivity contribution in [2.24, 2.45) is 0 Å². The molecule has 0 aromatic heterocycles. The van der Waals surface area contributed by atoms with Crippen LogP contribution in [-0.2, 0) is 0 Å². The molecule has 1 aromatic rings. The molecular weight excluding hydrogens is 238 g/mol. The first-order chi connectivity index (χ1) is 9.16. The minimum atomic E-state index is -0.0225. The second kappa shape index (κ2) is 6.57. The lowest BCUT2D eigenvalue weighted by Crippen LogP contribution is -2.45. The van der Waals surface area contributed by atoms with Gasteiger partial charge in [0.1, 0.15) is 0 Å². The van der Waals surface area contributed by atoms with Crippen molar-refractivity contribution in [1.29, 1.82) is 0 Å². The van der Waals surface area contributed by atoms with E-state index in [1.165, 1.54) is 6.42 Å². The molecule has 0 bridgehead atoms. The zero-order valence-electron chi connectivity index (χ0n) is 11.8. The number of anilines is 1. The predicted molar refractivity (Wildman–Crippen MR) is 78.1 cm³/mol. The molecule has 1 heterocycles. The molecule has 0 spiro atoms. The number of hydrogen-bond acceptors (Lipinski definition) is 3. The Morgan fingerprint density at radius 3 is 2.53 bits per heavy atom. The van der Waals surface area contributed by atoms with Gasteiger partial charge in [-0.2, -0.15) is 0 Å². The Bertz CT molecular complexity index is 425. The van der Waals surface area contributed by atoms with Gasteiger partial charge in [-0.25, -0.2) is 5.01 Å². The zero-order chi connectivity index (χ0) is 13.7. The summed E-state index contributed by atoms with van der Waals surface area (Å²) in [6.45, 7) is 6.04. The molecule has 19 heavy (non-hydrogen) atoms. The highest BCUT2D eigenvalue weighted by molar-refractivity contribution is 5.99. The third kappa shape index (κ3) is 3.96. The molecule has 1 aromatic carbocycles. The Morgan fingerprint density at radius 2 is 1.84 bits per heavy atom. The number of benzene rings is 1. The van der Waals surface area contributed by atoms with Gasteiger partial charge < -0.3 is 5.32 Å². The first-order valence-electron chi connectivity index (χ1n) is 7.08. The van der Waals surface area contributed by atoms with E-state index in [1.54, 1.807) is 0 Å². The summed E-state index contributed by atoms with van der Waals surface area (Å²) in [6, 6.07) is 7.97. The van der Waals surface area contributed by atoms with Crippen molar-refractivity contribution < 1.29 is 4.79 Å². The van der Waals surface area contributed by atoms with E-state index in [2.05, 4.69) is 24.6 Å². The van der Waals surface area contributed by atoms with Gasteiger partial charge in [0, 0.05) is 24.8 Å². The Kier molecular flexibility index (Phi) is 4.80. The highest BCUT2D eigenvalue weighted by atomic mass is 16.2. The summed E-state index contributed by atoms with van der Waals surface area (Å²) in [6.07, 6.45) is 3.58. The summed E-state index contributed by atoms with van der Waals surface area (Å²) in [5, 5.41) is 5.34. The van der Waals surface area contributed by atoms with Crippen LogP contribution >= 0.6 is 0 Å². The van der Waals surface area contributed by atoms with Crippen molar-refractivity contribution in [2.75, 3.05) is 18.4 Å². The number of amides is 1. The van der Waals surface area contributed by atoms with Crippen LogP contribution in [0.15, 0.2) is 24.3 Å². The summed E-state index contributed by atoms with van der Waals surface area (Å²) in [7, 11) is 0. The minimum Gasteiger partial charge on any atom is -0.382 e. The minimum absolute atomic E-state index is 0.0225. The third-order valence-electron chi connectivity index (χ3n) is 3.23. The number of piperidine rings is 1. The quantitative estimate of drug-likeness (QED) is 0.875. The van der Waals surface area contributed by atoms with Gasteiger partial charge in [0.15, 0.2) is 0 Å². The van der Waals surface area contributed by atoms with Crippen LogP contribution < -0.4 is 10.7 Å². The topological polar surface area (TPSA) is 44.4 Å². The number of hydrazine groups is 1. The number of nitrogens with one attached hydrogen (secondary N) is 2. The molecule has 104 valence electrons. The Morgan fingerprint density at radius 1 is 1.16 bits per heavy atom. The van der Waals surface area contributed by atoms with Gasteiger partial charge in [0.2, 0.25) is 0 Å². The molecule has 2 N–H and O–H groups in total. The maximum Gasteiger partial charge on any atom is 0.267 e. The van der Waals surface area contributed by atoms with Gasteiger partial charge in [-0.15, -0.1) is 0 Å². The second-order valence-electron chi connectivity index (χ2n) is 5.33. The van der Waals surface area contributed by atoms with Gasteiger partial charge in [-0.1, -0.05) is 18.6 Å². The fourth-order valence-electron chi connectivity index (χ4n) is 2.33. The van der Waals surface area contributed by atoms with E-state index < -0.39 is 0 Å². The van der Waals surface area contributed by atoms with Gasteiger partial charge in [-0.05, 0) is 38.8 Å². The predicted octanol–water partition coefficient (Wildman–Crippen LogP) is 2.64. The van der Waals surface area contributed by atoms with Crippen molar-refractivity contribution in [3.8, 4) is 0 Å². The van der Waals surface area contributed by atoms with E-state index in [4.69, 9.17) is 0 Å². The molecule has 1 aliphatic rings. The van der Waals surface area contributed by atoms with Crippen LogP contribution in [0.1, 0.15) is 43.5 Å². The Balaban J connectivity index is 2.05. The van der Waals surface area contributed by atoms with Crippen LogP contribution in [0.3, 0.4) is 0 Å². The molecule has 0 unspecified atom stereocenters. The fraction of sp³-hybridized carbons (Fsp3) is 0.533. The maximum absolute atomic E-state index is 12.3. The maximum atomic E-state index is 12.3. The van der Waals surface area contributed by atoms with E-state index in [0.29, 0.717) is 11.6 Å². The second-order valence-corrected chi connectivity index (χ2v) is 5.33. The summed E-state index contributed by atoms with van der Waals surface area (Å²) >= 11 is 0. The van der Waals surface area contributed by atoms with Crippen LogP contribution in [0, 0.1) is 0 Å². The summed E-state index contributed by atoms with van der Waals surface area (Å²) in [5.74, 6) is -0.0225. The lowest BCUT2D eigenvalue weighted by molar-refractivity contribution is 0.0751. The number of nitrogens with zero attached hydrogens (tertiary/aromatic N) is 1. The van der Waals surface area contributed by atoms with Gasteiger partial charge in [0.25, 0.3) is 5.91 Å². The number of para-hydroxylation sites is 1. The Labute approximate surface area is 115 Å². The lowest BCUT2D eigenvalue weighted by Gasteiger charge is -2.27. The third-order valence-corrected chi connectivity index (χ3v) is 3.23. The average Bonchev–Trinajstić information content (AvgIpc) is 2.39.